The lowest BCUT2D eigenvalue weighted by Gasteiger charge is -2.34. The molecule has 3 aromatic rings. The van der Waals surface area contributed by atoms with Crippen molar-refractivity contribution in [3.63, 3.8) is 0 Å². The van der Waals surface area contributed by atoms with Gasteiger partial charge in [0.2, 0.25) is 11.8 Å². The molecule has 0 saturated carbocycles. The molecule has 1 saturated heterocycles. The molecule has 1 aliphatic heterocycles. The van der Waals surface area contributed by atoms with E-state index in [0.717, 1.165) is 22.8 Å². The molecule has 2 amide bonds. The predicted octanol–water partition coefficient (Wildman–Crippen LogP) is 2.58. The lowest BCUT2D eigenvalue weighted by molar-refractivity contribution is -0.134. The zero-order valence-corrected chi connectivity index (χ0v) is 18.5. The van der Waals surface area contributed by atoms with Gasteiger partial charge in [-0.3, -0.25) is 24.5 Å². The molecule has 2 N–H and O–H groups in total. The molecule has 2 aromatic carbocycles. The van der Waals surface area contributed by atoms with Crippen LogP contribution in [0.15, 0.2) is 67.0 Å². The van der Waals surface area contributed by atoms with E-state index in [0.29, 0.717) is 25.3 Å². The molecule has 1 aliphatic rings. The number of ether oxygens (including phenoxy) is 1. The van der Waals surface area contributed by atoms with Crippen molar-refractivity contribution in [2.45, 2.75) is 32.5 Å². The van der Waals surface area contributed by atoms with Gasteiger partial charge in [0, 0.05) is 25.8 Å². The fraction of sp³-hybridized carbons (Fsp3) is 0.280. The molecule has 0 radical (unpaired) electrons. The second kappa shape index (κ2) is 10.7. The van der Waals surface area contributed by atoms with Crippen molar-refractivity contribution in [3.8, 4) is 11.5 Å². The number of piperazine rings is 1. The zero-order valence-electron chi connectivity index (χ0n) is 18.5. The van der Waals surface area contributed by atoms with E-state index in [9.17, 15) is 9.59 Å². The van der Waals surface area contributed by atoms with Gasteiger partial charge in [-0.05, 0) is 36.8 Å². The lowest BCUT2D eigenvalue weighted by atomic mass is 10.1. The summed E-state index contributed by atoms with van der Waals surface area (Å²) in [6.45, 7) is 3.89. The van der Waals surface area contributed by atoms with Crippen molar-refractivity contribution in [1.29, 1.82) is 0 Å². The first kappa shape index (κ1) is 22.4. The Balaban J connectivity index is 1.37. The van der Waals surface area contributed by atoms with Crippen molar-refractivity contribution < 1.29 is 14.3 Å². The number of benzene rings is 2. The maximum atomic E-state index is 12.6. The van der Waals surface area contributed by atoms with Gasteiger partial charge >= 0.3 is 0 Å². The Labute approximate surface area is 193 Å². The highest BCUT2D eigenvalue weighted by Crippen LogP contribution is 2.23. The van der Waals surface area contributed by atoms with Gasteiger partial charge in [0.05, 0.1) is 36.6 Å². The summed E-state index contributed by atoms with van der Waals surface area (Å²) >= 11 is 0. The first-order chi connectivity index (χ1) is 16.1. The summed E-state index contributed by atoms with van der Waals surface area (Å²) in [5, 5.41) is 5.71. The van der Waals surface area contributed by atoms with Crippen LogP contribution < -0.4 is 15.4 Å². The molecule has 4 rings (SSSR count). The monoisotopic (exact) mass is 445 g/mol. The number of amides is 2. The van der Waals surface area contributed by atoms with Crippen LogP contribution >= 0.6 is 0 Å². The van der Waals surface area contributed by atoms with Crippen LogP contribution in [0.4, 0.5) is 0 Å². The maximum Gasteiger partial charge on any atom is 0.237 e. The van der Waals surface area contributed by atoms with Crippen LogP contribution in [0.25, 0.3) is 0 Å². The van der Waals surface area contributed by atoms with E-state index in [1.165, 1.54) is 0 Å². The normalized spacial score (nSPS) is 16.2. The number of nitrogens with one attached hydrogen (secondary N) is 2. The van der Waals surface area contributed by atoms with Crippen LogP contribution in [0.1, 0.15) is 23.4 Å². The Morgan fingerprint density at radius 2 is 1.94 bits per heavy atom. The summed E-state index contributed by atoms with van der Waals surface area (Å²) in [6, 6.07) is 16.8. The standard InChI is InChI=1S/C25H27N5O3/c1-18-14-28-20(15-27-18)16-29-24(31)13-23-25(32)26-10-11-30(23)17-19-6-5-9-22(12-19)33-21-7-3-2-4-8-21/h2-9,12,14-15,23H,10-11,13,16-17H2,1H3,(H,26,32)(H,29,31). The van der Waals surface area contributed by atoms with Crippen LogP contribution in [0, 0.1) is 6.92 Å². The van der Waals surface area contributed by atoms with Gasteiger partial charge in [-0.15, -0.1) is 0 Å². The third kappa shape index (κ3) is 6.36. The summed E-state index contributed by atoms with van der Waals surface area (Å²) in [7, 11) is 0. The second-order valence-electron chi connectivity index (χ2n) is 7.97. The van der Waals surface area contributed by atoms with Gasteiger partial charge in [-0.2, -0.15) is 0 Å². The van der Waals surface area contributed by atoms with Gasteiger partial charge in [-0.25, -0.2) is 0 Å². The fourth-order valence-electron chi connectivity index (χ4n) is 3.69. The molecule has 2 heterocycles. The van der Waals surface area contributed by atoms with Crippen molar-refractivity contribution >= 4 is 11.8 Å². The molecule has 0 spiro atoms. The Morgan fingerprint density at radius 3 is 2.73 bits per heavy atom. The van der Waals surface area contributed by atoms with Crippen molar-refractivity contribution in [2.75, 3.05) is 13.1 Å². The summed E-state index contributed by atoms with van der Waals surface area (Å²) in [5.74, 6) is 1.15. The number of aryl methyl sites for hydroxylation is 1. The van der Waals surface area contributed by atoms with Crippen LogP contribution in [-0.4, -0.2) is 45.8 Å². The molecule has 0 bridgehead atoms. The summed E-state index contributed by atoms with van der Waals surface area (Å²) < 4.78 is 5.93. The molecule has 1 atom stereocenters. The molecule has 1 aromatic heterocycles. The third-order valence-electron chi connectivity index (χ3n) is 5.38. The number of rotatable bonds is 8. The highest BCUT2D eigenvalue weighted by atomic mass is 16.5. The van der Waals surface area contributed by atoms with Crippen molar-refractivity contribution in [2.24, 2.45) is 0 Å². The number of carbonyl (C=O) groups excluding carboxylic acids is 2. The third-order valence-corrected chi connectivity index (χ3v) is 5.38. The van der Waals surface area contributed by atoms with Gasteiger partial charge in [0.15, 0.2) is 0 Å². The van der Waals surface area contributed by atoms with Gasteiger partial charge in [0.1, 0.15) is 11.5 Å². The summed E-state index contributed by atoms with van der Waals surface area (Å²) in [5.41, 5.74) is 2.51. The Kier molecular flexibility index (Phi) is 7.26. The quantitative estimate of drug-likeness (QED) is 0.553. The predicted molar refractivity (Wildman–Crippen MR) is 123 cm³/mol. The minimum Gasteiger partial charge on any atom is -0.457 e. The van der Waals surface area contributed by atoms with Gasteiger partial charge in [0.25, 0.3) is 0 Å². The molecule has 1 unspecified atom stereocenters. The van der Waals surface area contributed by atoms with E-state index < -0.39 is 6.04 Å². The molecule has 8 nitrogen and oxygen atoms in total. The van der Waals surface area contributed by atoms with Crippen LogP contribution in [-0.2, 0) is 22.7 Å². The summed E-state index contributed by atoms with van der Waals surface area (Å²) in [6.07, 6.45) is 3.37. The highest BCUT2D eigenvalue weighted by molar-refractivity contribution is 5.88. The van der Waals surface area contributed by atoms with Crippen molar-refractivity contribution in [1.82, 2.24) is 25.5 Å². The molecular formula is C25H27N5O3. The van der Waals surface area contributed by atoms with E-state index in [1.807, 2.05) is 66.4 Å². The van der Waals surface area contributed by atoms with E-state index in [1.54, 1.807) is 12.4 Å². The molecular weight excluding hydrogens is 418 g/mol. The first-order valence-corrected chi connectivity index (χ1v) is 10.9. The van der Waals surface area contributed by atoms with E-state index in [2.05, 4.69) is 20.6 Å². The average molecular weight is 446 g/mol. The number of hydrogen-bond donors (Lipinski definition) is 2. The molecule has 0 aliphatic carbocycles. The van der Waals surface area contributed by atoms with Crippen LogP contribution in [0.5, 0.6) is 11.5 Å². The number of nitrogens with zero attached hydrogens (tertiary/aromatic N) is 3. The maximum absolute atomic E-state index is 12.6. The molecule has 1 fully saturated rings. The number of carbonyl (C=O) groups is 2. The SMILES string of the molecule is Cc1cnc(CNC(=O)CC2C(=O)NCCN2Cc2cccc(Oc3ccccc3)c2)cn1. The van der Waals surface area contributed by atoms with Gasteiger partial charge in [-0.1, -0.05) is 30.3 Å². The molecule has 8 heteroatoms. The minimum absolute atomic E-state index is 0.0747. The van der Waals surface area contributed by atoms with Crippen LogP contribution in [0.2, 0.25) is 0 Å². The Morgan fingerprint density at radius 1 is 1.12 bits per heavy atom. The topological polar surface area (TPSA) is 96.5 Å². The van der Waals surface area contributed by atoms with Crippen LogP contribution in [0.3, 0.4) is 0 Å². The minimum atomic E-state index is -0.540. The molecule has 170 valence electrons. The lowest BCUT2D eigenvalue weighted by Crippen LogP contribution is -2.56. The molecule has 33 heavy (non-hydrogen) atoms. The summed E-state index contributed by atoms with van der Waals surface area (Å²) in [4.78, 5) is 35.6. The van der Waals surface area contributed by atoms with Crippen molar-refractivity contribution in [3.05, 3.63) is 83.9 Å². The zero-order chi connectivity index (χ0) is 23.0. The highest BCUT2D eigenvalue weighted by Gasteiger charge is 2.31. The fourth-order valence-corrected chi connectivity index (χ4v) is 3.69. The number of hydrogen-bond acceptors (Lipinski definition) is 6. The van der Waals surface area contributed by atoms with E-state index in [-0.39, 0.29) is 24.8 Å². The van der Waals surface area contributed by atoms with E-state index in [4.69, 9.17) is 4.74 Å². The average Bonchev–Trinajstić information content (AvgIpc) is 2.82. The Hall–Kier alpha value is -3.78. The first-order valence-electron chi connectivity index (χ1n) is 10.9. The van der Waals surface area contributed by atoms with Gasteiger partial charge < -0.3 is 15.4 Å². The number of aromatic nitrogens is 2. The Bertz CT molecular complexity index is 1090. The second-order valence-corrected chi connectivity index (χ2v) is 7.97. The number of para-hydroxylation sites is 1. The van der Waals surface area contributed by atoms with E-state index >= 15 is 0 Å². The largest absolute Gasteiger partial charge is 0.457 e. The smallest absolute Gasteiger partial charge is 0.237 e.